The van der Waals surface area contributed by atoms with E-state index < -0.39 is 16.0 Å². The van der Waals surface area contributed by atoms with Gasteiger partial charge >= 0.3 is 5.97 Å². The van der Waals surface area contributed by atoms with E-state index in [1.54, 1.807) is 25.1 Å². The lowest BCUT2D eigenvalue weighted by atomic mass is 10.2. The molecule has 0 unspecified atom stereocenters. The largest absolute Gasteiger partial charge is 0.493 e. The number of sulfonamides is 1. The molecule has 0 amide bonds. The number of hydrogen-bond donors (Lipinski definition) is 0. The van der Waals surface area contributed by atoms with Gasteiger partial charge in [-0.15, -0.1) is 0 Å². The number of methoxy groups -OCH3 is 1. The van der Waals surface area contributed by atoms with Gasteiger partial charge in [-0.3, -0.25) is 4.79 Å². The van der Waals surface area contributed by atoms with Crippen LogP contribution in [-0.4, -0.2) is 45.5 Å². The second-order valence-electron chi connectivity index (χ2n) is 4.69. The molecule has 1 aromatic rings. The van der Waals surface area contributed by atoms with Crippen molar-refractivity contribution in [3.63, 3.8) is 0 Å². The summed E-state index contributed by atoms with van der Waals surface area (Å²) in [5, 5.41) is 0. The predicted octanol–water partition coefficient (Wildman–Crippen LogP) is 1.20. The summed E-state index contributed by atoms with van der Waals surface area (Å²) >= 11 is 0. The fourth-order valence-corrected chi connectivity index (χ4v) is 3.74. The van der Waals surface area contributed by atoms with E-state index in [-0.39, 0.29) is 17.9 Å². The third-order valence-electron chi connectivity index (χ3n) is 3.44. The molecule has 21 heavy (non-hydrogen) atoms. The number of nitrogens with zero attached hydrogens (tertiary/aromatic N) is 1. The highest BCUT2D eigenvalue weighted by molar-refractivity contribution is 7.89. The minimum Gasteiger partial charge on any atom is -0.493 e. The van der Waals surface area contributed by atoms with Gasteiger partial charge in [0.05, 0.1) is 25.0 Å². The topological polar surface area (TPSA) is 72.9 Å². The van der Waals surface area contributed by atoms with Gasteiger partial charge in [0.25, 0.3) is 0 Å². The minimum atomic E-state index is -3.61. The van der Waals surface area contributed by atoms with E-state index in [2.05, 4.69) is 4.74 Å². The Balaban J connectivity index is 2.20. The Hall–Kier alpha value is -1.60. The van der Waals surface area contributed by atoms with Crippen LogP contribution in [0.1, 0.15) is 18.9 Å². The van der Waals surface area contributed by atoms with Gasteiger partial charge in [0, 0.05) is 19.5 Å². The smallest absolute Gasteiger partial charge is 0.306 e. The van der Waals surface area contributed by atoms with Crippen molar-refractivity contribution < 1.29 is 22.7 Å². The second kappa shape index (κ2) is 6.44. The van der Waals surface area contributed by atoms with Crippen LogP contribution in [0.2, 0.25) is 0 Å². The van der Waals surface area contributed by atoms with E-state index in [4.69, 9.17) is 4.74 Å². The van der Waals surface area contributed by atoms with E-state index >= 15 is 0 Å². The van der Waals surface area contributed by atoms with Crippen molar-refractivity contribution in [1.82, 2.24) is 4.31 Å². The Labute approximate surface area is 124 Å². The van der Waals surface area contributed by atoms with Crippen molar-refractivity contribution in [2.45, 2.75) is 24.7 Å². The Kier molecular flexibility index (Phi) is 4.84. The van der Waals surface area contributed by atoms with Gasteiger partial charge in [0.1, 0.15) is 5.75 Å². The highest BCUT2D eigenvalue weighted by atomic mass is 32.2. The molecule has 0 radical (unpaired) electrons. The normalized spacial score (nSPS) is 13.9. The van der Waals surface area contributed by atoms with Crippen molar-refractivity contribution in [2.75, 3.05) is 26.8 Å². The number of esters is 1. The Morgan fingerprint density at radius 3 is 2.86 bits per heavy atom. The van der Waals surface area contributed by atoms with Crippen molar-refractivity contribution >= 4 is 16.0 Å². The number of carbonyl (C=O) groups is 1. The first-order chi connectivity index (χ1) is 9.98. The standard InChI is InChI=1S/C14H19NO5S/c1-3-15(8-6-14(16)19-2)21(17,18)12-4-5-13-11(10-12)7-9-20-13/h4-5,10H,3,6-9H2,1-2H3. The molecule has 0 atom stereocenters. The van der Waals surface area contributed by atoms with Gasteiger partial charge in [-0.25, -0.2) is 8.42 Å². The van der Waals surface area contributed by atoms with Crippen LogP contribution in [0.4, 0.5) is 0 Å². The summed E-state index contributed by atoms with van der Waals surface area (Å²) in [4.78, 5) is 11.4. The maximum Gasteiger partial charge on any atom is 0.306 e. The third-order valence-corrected chi connectivity index (χ3v) is 5.41. The lowest BCUT2D eigenvalue weighted by molar-refractivity contribution is -0.140. The van der Waals surface area contributed by atoms with Gasteiger partial charge < -0.3 is 9.47 Å². The van der Waals surface area contributed by atoms with Gasteiger partial charge in [-0.1, -0.05) is 6.92 Å². The first kappa shape index (κ1) is 15.8. The van der Waals surface area contributed by atoms with Gasteiger partial charge in [0.15, 0.2) is 0 Å². The molecule has 0 N–H and O–H groups in total. The van der Waals surface area contributed by atoms with Crippen LogP contribution in [0.3, 0.4) is 0 Å². The van der Waals surface area contributed by atoms with Crippen LogP contribution in [-0.2, 0) is 26.0 Å². The molecule has 0 fully saturated rings. The summed E-state index contributed by atoms with van der Waals surface area (Å²) in [6.07, 6.45) is 0.755. The molecule has 7 heteroatoms. The number of carbonyl (C=O) groups excluding carboxylic acids is 1. The summed E-state index contributed by atoms with van der Waals surface area (Å²) in [6, 6.07) is 4.88. The second-order valence-corrected chi connectivity index (χ2v) is 6.63. The average molecular weight is 313 g/mol. The third kappa shape index (κ3) is 3.36. The van der Waals surface area contributed by atoms with E-state index in [0.29, 0.717) is 19.6 Å². The van der Waals surface area contributed by atoms with Crippen LogP contribution >= 0.6 is 0 Å². The SMILES string of the molecule is CCN(CCC(=O)OC)S(=O)(=O)c1ccc2c(c1)CCO2. The zero-order valence-corrected chi connectivity index (χ0v) is 13.0. The molecule has 116 valence electrons. The van der Waals surface area contributed by atoms with Crippen molar-refractivity contribution in [3.05, 3.63) is 23.8 Å². The van der Waals surface area contributed by atoms with Crippen molar-refractivity contribution in [1.29, 1.82) is 0 Å². The summed E-state index contributed by atoms with van der Waals surface area (Å²) in [7, 11) is -2.32. The van der Waals surface area contributed by atoms with Crippen LogP contribution < -0.4 is 4.74 Å². The molecule has 2 rings (SSSR count). The van der Waals surface area contributed by atoms with E-state index in [0.717, 1.165) is 11.3 Å². The molecular weight excluding hydrogens is 294 g/mol. The van der Waals surface area contributed by atoms with Gasteiger partial charge in [-0.05, 0) is 23.8 Å². The number of hydrogen-bond acceptors (Lipinski definition) is 5. The summed E-state index contributed by atoms with van der Waals surface area (Å²) in [5.41, 5.74) is 0.903. The molecule has 1 aromatic carbocycles. The van der Waals surface area contributed by atoms with E-state index in [1.807, 2.05) is 0 Å². The first-order valence-electron chi connectivity index (χ1n) is 6.81. The Morgan fingerprint density at radius 1 is 1.43 bits per heavy atom. The molecule has 0 aliphatic carbocycles. The molecule has 1 aliphatic heterocycles. The molecular formula is C14H19NO5S. The Morgan fingerprint density at radius 2 is 2.19 bits per heavy atom. The number of ether oxygens (including phenoxy) is 2. The molecule has 0 saturated carbocycles. The summed E-state index contributed by atoms with van der Waals surface area (Å²) in [6.45, 7) is 2.73. The molecule has 1 aliphatic rings. The molecule has 0 saturated heterocycles. The Bertz CT molecular complexity index is 626. The maximum absolute atomic E-state index is 12.6. The number of benzene rings is 1. The number of rotatable bonds is 6. The number of fused-ring (bicyclic) bond motifs is 1. The monoisotopic (exact) mass is 313 g/mol. The summed E-state index contributed by atoms with van der Waals surface area (Å²) < 4.78 is 36.4. The van der Waals surface area contributed by atoms with E-state index in [9.17, 15) is 13.2 Å². The van der Waals surface area contributed by atoms with Gasteiger partial charge in [0.2, 0.25) is 10.0 Å². The van der Waals surface area contributed by atoms with Crippen LogP contribution in [0, 0.1) is 0 Å². The highest BCUT2D eigenvalue weighted by Crippen LogP contribution is 2.28. The molecule has 6 nitrogen and oxygen atoms in total. The molecule has 1 heterocycles. The fourth-order valence-electron chi connectivity index (χ4n) is 2.24. The molecule has 0 aromatic heterocycles. The minimum absolute atomic E-state index is 0.0393. The van der Waals surface area contributed by atoms with Gasteiger partial charge in [-0.2, -0.15) is 4.31 Å². The molecule has 0 bridgehead atoms. The van der Waals surface area contributed by atoms with Crippen LogP contribution in [0.5, 0.6) is 5.75 Å². The van der Waals surface area contributed by atoms with Crippen LogP contribution in [0.15, 0.2) is 23.1 Å². The highest BCUT2D eigenvalue weighted by Gasteiger charge is 2.25. The zero-order valence-electron chi connectivity index (χ0n) is 12.2. The van der Waals surface area contributed by atoms with E-state index in [1.165, 1.54) is 11.4 Å². The fraction of sp³-hybridized carbons (Fsp3) is 0.500. The zero-order chi connectivity index (χ0) is 15.5. The quantitative estimate of drug-likeness (QED) is 0.738. The predicted molar refractivity (Wildman–Crippen MR) is 76.7 cm³/mol. The van der Waals surface area contributed by atoms with Crippen molar-refractivity contribution in [3.8, 4) is 5.75 Å². The maximum atomic E-state index is 12.6. The lowest BCUT2D eigenvalue weighted by Gasteiger charge is -2.20. The molecule has 0 spiro atoms. The average Bonchev–Trinajstić information content (AvgIpc) is 2.94. The van der Waals surface area contributed by atoms with Crippen LogP contribution in [0.25, 0.3) is 0 Å². The van der Waals surface area contributed by atoms with Crippen molar-refractivity contribution in [2.24, 2.45) is 0 Å². The summed E-state index contributed by atoms with van der Waals surface area (Å²) in [5.74, 6) is 0.317. The first-order valence-corrected chi connectivity index (χ1v) is 8.25. The lowest BCUT2D eigenvalue weighted by Crippen LogP contribution is -2.33.